The molecule has 0 atom stereocenters. The molecule has 4 nitrogen and oxygen atoms in total. The average Bonchev–Trinajstić information content (AvgIpc) is 3.93. The van der Waals surface area contributed by atoms with Crippen LogP contribution in [0.2, 0.25) is 0 Å². The van der Waals surface area contributed by atoms with Crippen molar-refractivity contribution in [2.24, 2.45) is 0 Å². The van der Waals surface area contributed by atoms with Gasteiger partial charge in [0.1, 0.15) is 16.7 Å². The van der Waals surface area contributed by atoms with Crippen molar-refractivity contribution < 1.29 is 8.83 Å². The third-order valence-electron chi connectivity index (χ3n) is 10.8. The number of nitrogens with zero attached hydrogens (tertiary/aromatic N) is 2. The van der Waals surface area contributed by atoms with Crippen molar-refractivity contribution in [1.29, 1.82) is 0 Å². The fourth-order valence-corrected chi connectivity index (χ4v) is 9.47. The van der Waals surface area contributed by atoms with E-state index in [0.717, 1.165) is 66.4 Å². The molecule has 0 aliphatic rings. The first-order valence-electron chi connectivity index (χ1n) is 18.1. The minimum Gasteiger partial charge on any atom is -0.456 e. The quantitative estimate of drug-likeness (QED) is 0.183. The van der Waals surface area contributed by atoms with E-state index in [1.165, 1.54) is 41.7 Å². The van der Waals surface area contributed by atoms with E-state index in [2.05, 4.69) is 150 Å². The zero-order valence-corrected chi connectivity index (χ0v) is 29.6. The number of aromatic nitrogens is 1. The molecule has 0 N–H and O–H groups in total. The predicted molar refractivity (Wildman–Crippen MR) is 227 cm³/mol. The molecule has 0 amide bonds. The van der Waals surface area contributed by atoms with Crippen LogP contribution in [0.1, 0.15) is 0 Å². The van der Waals surface area contributed by atoms with Crippen LogP contribution >= 0.6 is 11.3 Å². The number of anilines is 3. The van der Waals surface area contributed by atoms with E-state index in [1.54, 1.807) is 0 Å². The van der Waals surface area contributed by atoms with Gasteiger partial charge in [-0.2, -0.15) is 0 Å². The van der Waals surface area contributed by atoms with Gasteiger partial charge in [-0.05, 0) is 99.0 Å². The van der Waals surface area contributed by atoms with Crippen molar-refractivity contribution in [3.8, 4) is 11.5 Å². The van der Waals surface area contributed by atoms with Gasteiger partial charge < -0.3 is 13.7 Å². The molecule has 3 aromatic heterocycles. The Hall–Kier alpha value is -6.95. The highest BCUT2D eigenvalue weighted by Gasteiger charge is 2.21. The summed E-state index contributed by atoms with van der Waals surface area (Å²) >= 11 is 1.86. The number of fused-ring (bicyclic) bond motifs is 11. The normalized spacial score (nSPS) is 12.1. The number of rotatable bonds is 4. The molecule has 9 aromatic carbocycles. The second-order valence-corrected chi connectivity index (χ2v) is 15.0. The topological polar surface area (TPSA) is 42.4 Å². The Morgan fingerprint density at radius 2 is 1.11 bits per heavy atom. The van der Waals surface area contributed by atoms with Gasteiger partial charge in [-0.1, -0.05) is 97.1 Å². The molecule has 0 spiro atoms. The third-order valence-corrected chi connectivity index (χ3v) is 12.0. The average molecular weight is 709 g/mol. The van der Waals surface area contributed by atoms with Crippen LogP contribution in [-0.4, -0.2) is 4.98 Å². The second kappa shape index (κ2) is 11.3. The standard InChI is InChI=1S/C49H28N2O2S/c1-2-10-31-24-34(18-16-29(31)8-1)51(35-20-23-46-41(27-35)38-21-17-30-9-5-6-13-37(30)48(38)54-46)36-19-22-39-44(28-36)52-43-15-7-14-40(47(39)43)49-50-42-25-32-11-3-4-12-33(32)26-45(42)53-49/h1-28H. The highest BCUT2D eigenvalue weighted by Crippen LogP contribution is 2.45. The molecule has 0 aliphatic heterocycles. The maximum absolute atomic E-state index is 6.65. The minimum atomic E-state index is 0.583. The highest BCUT2D eigenvalue weighted by molar-refractivity contribution is 7.26. The molecule has 0 saturated heterocycles. The molecule has 12 rings (SSSR count). The zero-order valence-electron chi connectivity index (χ0n) is 28.8. The van der Waals surface area contributed by atoms with Crippen molar-refractivity contribution in [3.05, 3.63) is 170 Å². The van der Waals surface area contributed by atoms with Gasteiger partial charge in [0.25, 0.3) is 0 Å². The molecule has 0 unspecified atom stereocenters. The first-order valence-corrected chi connectivity index (χ1v) is 18.9. The van der Waals surface area contributed by atoms with Gasteiger partial charge in [-0.3, -0.25) is 0 Å². The van der Waals surface area contributed by atoms with Crippen LogP contribution in [0.5, 0.6) is 0 Å². The molecule has 3 heterocycles. The smallest absolute Gasteiger partial charge is 0.228 e. The van der Waals surface area contributed by atoms with E-state index >= 15 is 0 Å². The molecule has 252 valence electrons. The van der Waals surface area contributed by atoms with Gasteiger partial charge in [0, 0.05) is 59.6 Å². The summed E-state index contributed by atoms with van der Waals surface area (Å²) in [6.07, 6.45) is 0. The number of oxazole rings is 1. The van der Waals surface area contributed by atoms with Gasteiger partial charge in [0.15, 0.2) is 5.58 Å². The van der Waals surface area contributed by atoms with Crippen molar-refractivity contribution in [2.75, 3.05) is 4.90 Å². The van der Waals surface area contributed by atoms with Crippen LogP contribution in [0, 0.1) is 0 Å². The lowest BCUT2D eigenvalue weighted by Gasteiger charge is -2.26. The zero-order chi connectivity index (χ0) is 35.3. The van der Waals surface area contributed by atoms with Crippen LogP contribution in [-0.2, 0) is 0 Å². The Kier molecular flexibility index (Phi) is 6.18. The fraction of sp³-hybridized carbons (Fsp3) is 0. The molecule has 0 radical (unpaired) electrons. The van der Waals surface area contributed by atoms with Crippen molar-refractivity contribution >= 4 is 114 Å². The Morgan fingerprint density at radius 3 is 2.00 bits per heavy atom. The number of hydrogen-bond donors (Lipinski definition) is 0. The van der Waals surface area contributed by atoms with E-state index in [4.69, 9.17) is 13.8 Å². The summed E-state index contributed by atoms with van der Waals surface area (Å²) in [7, 11) is 0. The molecule has 5 heteroatoms. The molecule has 54 heavy (non-hydrogen) atoms. The number of furan rings is 1. The predicted octanol–water partition coefficient (Wildman–Crippen LogP) is 14.7. The Morgan fingerprint density at radius 1 is 0.426 bits per heavy atom. The molecular weight excluding hydrogens is 681 g/mol. The molecule has 0 saturated carbocycles. The first kappa shape index (κ1) is 29.6. The molecule has 0 aliphatic carbocycles. The van der Waals surface area contributed by atoms with E-state index in [0.29, 0.717) is 5.89 Å². The van der Waals surface area contributed by atoms with Gasteiger partial charge in [-0.25, -0.2) is 4.98 Å². The fourth-order valence-electron chi connectivity index (χ4n) is 8.25. The number of benzene rings is 9. The van der Waals surface area contributed by atoms with Gasteiger partial charge in [0.05, 0.1) is 0 Å². The Bertz CT molecular complexity index is 3430. The van der Waals surface area contributed by atoms with E-state index < -0.39 is 0 Å². The van der Waals surface area contributed by atoms with Crippen LogP contribution < -0.4 is 4.90 Å². The maximum Gasteiger partial charge on any atom is 0.228 e. The van der Waals surface area contributed by atoms with E-state index in [1.807, 2.05) is 35.6 Å². The Labute approximate surface area is 312 Å². The SMILES string of the molecule is c1ccc2cc(N(c3ccc4c(c3)oc3cccc(-c5nc6cc7ccccc7cc6o5)c34)c3ccc4sc5c6ccccc6ccc5c4c3)ccc2c1. The first-order chi connectivity index (χ1) is 26.7. The summed E-state index contributed by atoms with van der Waals surface area (Å²) in [5.41, 5.74) is 7.28. The lowest BCUT2D eigenvalue weighted by molar-refractivity contribution is 0.620. The van der Waals surface area contributed by atoms with Crippen LogP contribution in [0.4, 0.5) is 17.1 Å². The van der Waals surface area contributed by atoms with Crippen LogP contribution in [0.15, 0.2) is 179 Å². The summed E-state index contributed by atoms with van der Waals surface area (Å²) in [5.74, 6) is 0.583. The lowest BCUT2D eigenvalue weighted by atomic mass is 10.0. The lowest BCUT2D eigenvalue weighted by Crippen LogP contribution is -2.09. The molecule has 0 bridgehead atoms. The van der Waals surface area contributed by atoms with Gasteiger partial charge in [-0.15, -0.1) is 11.3 Å². The largest absolute Gasteiger partial charge is 0.456 e. The highest BCUT2D eigenvalue weighted by atomic mass is 32.1. The maximum atomic E-state index is 6.65. The molecule has 12 aromatic rings. The monoisotopic (exact) mass is 708 g/mol. The Balaban J connectivity index is 1.04. The van der Waals surface area contributed by atoms with Gasteiger partial charge >= 0.3 is 0 Å². The summed E-state index contributed by atoms with van der Waals surface area (Å²) in [6.45, 7) is 0. The number of hydrogen-bond acceptors (Lipinski definition) is 5. The summed E-state index contributed by atoms with van der Waals surface area (Å²) in [4.78, 5) is 7.31. The van der Waals surface area contributed by atoms with Crippen molar-refractivity contribution in [1.82, 2.24) is 4.98 Å². The van der Waals surface area contributed by atoms with E-state index in [9.17, 15) is 0 Å². The summed E-state index contributed by atoms with van der Waals surface area (Å²) < 4.78 is 15.7. The van der Waals surface area contributed by atoms with Gasteiger partial charge in [0.2, 0.25) is 5.89 Å². The van der Waals surface area contributed by atoms with Crippen molar-refractivity contribution in [2.45, 2.75) is 0 Å². The molecule has 0 fully saturated rings. The second-order valence-electron chi connectivity index (χ2n) is 14.0. The van der Waals surface area contributed by atoms with E-state index in [-0.39, 0.29) is 0 Å². The van der Waals surface area contributed by atoms with Crippen LogP contribution in [0.3, 0.4) is 0 Å². The minimum absolute atomic E-state index is 0.583. The molecular formula is C49H28N2O2S. The summed E-state index contributed by atoms with van der Waals surface area (Å²) in [6, 6.07) is 60.4. The van der Waals surface area contributed by atoms with Crippen LogP contribution in [0.25, 0.3) is 97.0 Å². The summed E-state index contributed by atoms with van der Waals surface area (Å²) in [5, 5.41) is 11.8. The third kappa shape index (κ3) is 4.46. The van der Waals surface area contributed by atoms with Crippen molar-refractivity contribution in [3.63, 3.8) is 0 Å². The number of thiophene rings is 1.